The monoisotopic (exact) mass is 674 g/mol. The summed E-state index contributed by atoms with van der Waals surface area (Å²) >= 11 is 0. The summed E-state index contributed by atoms with van der Waals surface area (Å²) < 4.78 is 27.9. The van der Waals surface area contributed by atoms with Gasteiger partial charge in [-0.3, -0.25) is 9.59 Å². The van der Waals surface area contributed by atoms with Gasteiger partial charge in [0.05, 0.1) is 12.7 Å². The number of ether oxygens (including phenoxy) is 5. The van der Waals surface area contributed by atoms with E-state index in [-0.39, 0.29) is 57.5 Å². The van der Waals surface area contributed by atoms with Gasteiger partial charge in [0.15, 0.2) is 29.4 Å². The SMILES string of the molecule is CC(=O)/C=C(\[O-])c1ccccc1.CC(=O)/C=C(\[O-])c1ccccc1.CC1(C)OCC(C2OC3OC(C)(C)OC3C2[O-])O1.CC[O-].[Ti+4]. The minimum absolute atomic E-state index is 0. The Balaban J connectivity index is 0.000000337. The van der Waals surface area contributed by atoms with Crippen LogP contribution in [0.2, 0.25) is 0 Å². The Morgan fingerprint density at radius 3 is 1.57 bits per heavy atom. The molecule has 0 spiro atoms. The van der Waals surface area contributed by atoms with Crippen LogP contribution in [0.3, 0.4) is 0 Å². The number of carbonyl (C=O) groups is 2. The predicted molar refractivity (Wildman–Crippen MR) is 158 cm³/mol. The van der Waals surface area contributed by atoms with Crippen LogP contribution in [0, 0.1) is 0 Å². The molecule has 0 aromatic heterocycles. The topological polar surface area (TPSA) is 173 Å². The van der Waals surface area contributed by atoms with Crippen LogP contribution in [0.4, 0.5) is 0 Å². The first-order chi connectivity index (χ1) is 21.1. The largest absolute Gasteiger partial charge is 4.00 e. The number of benzene rings is 2. The zero-order chi connectivity index (χ0) is 33.8. The smallest absolute Gasteiger partial charge is 0.872 e. The van der Waals surface area contributed by atoms with E-state index in [9.17, 15) is 24.9 Å². The summed E-state index contributed by atoms with van der Waals surface area (Å²) in [5.74, 6) is -2.32. The van der Waals surface area contributed by atoms with Gasteiger partial charge in [-0.2, -0.15) is 0 Å². The summed E-state index contributed by atoms with van der Waals surface area (Å²) in [6.07, 6.45) is -0.942. The Morgan fingerprint density at radius 2 is 1.22 bits per heavy atom. The van der Waals surface area contributed by atoms with Crippen LogP contribution in [0.5, 0.6) is 0 Å². The fourth-order valence-corrected chi connectivity index (χ4v) is 4.42. The quantitative estimate of drug-likeness (QED) is 0.252. The molecule has 0 saturated carbocycles. The van der Waals surface area contributed by atoms with Crippen LogP contribution in [-0.2, 0) is 55.0 Å². The molecule has 2 aromatic carbocycles. The van der Waals surface area contributed by atoms with Gasteiger partial charge in [0.25, 0.3) is 0 Å². The van der Waals surface area contributed by atoms with Crippen molar-refractivity contribution in [3.05, 3.63) is 83.9 Å². The van der Waals surface area contributed by atoms with E-state index in [1.54, 1.807) is 69.3 Å². The van der Waals surface area contributed by atoms with Gasteiger partial charge in [-0.15, -0.1) is 6.61 Å². The van der Waals surface area contributed by atoms with Gasteiger partial charge in [0, 0.05) is 0 Å². The maximum absolute atomic E-state index is 12.3. The second-order valence-electron chi connectivity index (χ2n) is 11.2. The molecule has 5 atom stereocenters. The van der Waals surface area contributed by atoms with E-state index in [0.717, 1.165) is 12.2 Å². The van der Waals surface area contributed by atoms with Gasteiger partial charge in [-0.05, 0) is 64.8 Å². The van der Waals surface area contributed by atoms with Crippen molar-refractivity contribution in [2.24, 2.45) is 0 Å². The van der Waals surface area contributed by atoms with Crippen molar-refractivity contribution in [2.45, 2.75) is 90.7 Å². The molecule has 11 nitrogen and oxygen atoms in total. The molecule has 3 heterocycles. The summed E-state index contributed by atoms with van der Waals surface area (Å²) in [4.78, 5) is 21.1. The van der Waals surface area contributed by atoms with Crippen molar-refractivity contribution in [1.82, 2.24) is 0 Å². The van der Waals surface area contributed by atoms with Gasteiger partial charge >= 0.3 is 21.7 Å². The standard InChI is InChI=1S/C12H19O6.2C10H10O2.C2H5O.Ti/c1-11(2)14-5-6(16-11)8-7(13)9-10(15-8)18-12(3,4)17-9;2*1-8(11)7-10(12)9-5-3-2-4-6-9;1-2-3;/h6-10H,5H2,1-4H3;2*2-7,12H,1H3;2H2,1H3;/q-1;;;-1;+4/p-2/b;2*10-7-;;. The fraction of sp³-hybridized carbons (Fsp3) is 0.471. The number of allylic oxidation sites excluding steroid dienone is 2. The Bertz CT molecular complexity index is 1210. The van der Waals surface area contributed by atoms with Gasteiger partial charge in [0.2, 0.25) is 0 Å². The maximum atomic E-state index is 12.3. The first kappa shape index (κ1) is 41.3. The van der Waals surface area contributed by atoms with Crippen LogP contribution < -0.4 is 20.4 Å². The third-order valence-corrected chi connectivity index (χ3v) is 6.21. The summed E-state index contributed by atoms with van der Waals surface area (Å²) in [6, 6.07) is 17.4. The minimum Gasteiger partial charge on any atom is -0.872 e. The third kappa shape index (κ3) is 13.6. The van der Waals surface area contributed by atoms with E-state index in [4.69, 9.17) is 28.8 Å². The number of rotatable bonds is 5. The van der Waals surface area contributed by atoms with Crippen molar-refractivity contribution in [3.8, 4) is 0 Å². The second-order valence-corrected chi connectivity index (χ2v) is 11.2. The number of hydrogen-bond acceptors (Lipinski definition) is 11. The van der Waals surface area contributed by atoms with Gasteiger partial charge in [-0.1, -0.05) is 85.2 Å². The van der Waals surface area contributed by atoms with E-state index in [2.05, 4.69) is 0 Å². The molecule has 0 aliphatic carbocycles. The predicted octanol–water partition coefficient (Wildman–Crippen LogP) is 1.06. The summed E-state index contributed by atoms with van der Waals surface area (Å²) in [5.41, 5.74) is 1.10. The van der Waals surface area contributed by atoms with E-state index in [1.165, 1.54) is 13.8 Å². The molecule has 5 rings (SSSR count). The normalized spacial score (nSPS) is 25.6. The number of carbonyl (C=O) groups excluding carboxylic acids is 2. The molecule has 0 amide bonds. The molecule has 3 aliphatic rings. The van der Waals surface area contributed by atoms with Crippen LogP contribution in [0.1, 0.15) is 59.6 Å². The summed E-state index contributed by atoms with van der Waals surface area (Å²) in [5, 5.41) is 43.6. The zero-order valence-electron chi connectivity index (χ0n) is 27.2. The molecule has 46 heavy (non-hydrogen) atoms. The average Bonchev–Trinajstić information content (AvgIpc) is 3.59. The van der Waals surface area contributed by atoms with E-state index in [1.807, 2.05) is 26.0 Å². The fourth-order valence-electron chi connectivity index (χ4n) is 4.42. The van der Waals surface area contributed by atoms with Crippen LogP contribution in [-0.4, -0.2) is 67.1 Å². The van der Waals surface area contributed by atoms with Crippen molar-refractivity contribution >= 4 is 23.1 Å². The van der Waals surface area contributed by atoms with Gasteiger partial charge in [0.1, 0.15) is 12.2 Å². The summed E-state index contributed by atoms with van der Waals surface area (Å²) in [7, 11) is 0. The minimum atomic E-state index is -1.01. The number of hydrogen-bond donors (Lipinski definition) is 0. The molecule has 3 fully saturated rings. The molecule has 3 saturated heterocycles. The molecule has 12 heteroatoms. The van der Waals surface area contributed by atoms with Crippen LogP contribution in [0.25, 0.3) is 11.5 Å². The first-order valence-electron chi connectivity index (χ1n) is 14.5. The molecule has 0 N–H and O–H groups in total. The molecule has 2 aromatic rings. The zero-order valence-corrected chi connectivity index (χ0v) is 28.8. The Morgan fingerprint density at radius 1 is 0.783 bits per heavy atom. The molecular formula is C34H42O11Ti. The second kappa shape index (κ2) is 19.2. The average molecular weight is 675 g/mol. The Labute approximate surface area is 285 Å². The van der Waals surface area contributed by atoms with Crippen molar-refractivity contribution in [2.75, 3.05) is 13.2 Å². The van der Waals surface area contributed by atoms with Crippen molar-refractivity contribution in [3.63, 3.8) is 0 Å². The van der Waals surface area contributed by atoms with Crippen LogP contribution >= 0.6 is 0 Å². The molecule has 5 unspecified atom stereocenters. The van der Waals surface area contributed by atoms with Gasteiger partial charge in [-0.25, -0.2) is 0 Å². The van der Waals surface area contributed by atoms with E-state index < -0.39 is 36.2 Å². The maximum Gasteiger partial charge on any atom is 4.00 e. The van der Waals surface area contributed by atoms with Crippen LogP contribution in [0.15, 0.2) is 72.8 Å². The Kier molecular flexibility index (Phi) is 17.2. The number of ketones is 2. The van der Waals surface area contributed by atoms with Gasteiger partial charge < -0.3 is 44.1 Å². The van der Waals surface area contributed by atoms with Crippen molar-refractivity contribution < 1.29 is 75.4 Å². The third-order valence-electron chi connectivity index (χ3n) is 6.21. The Hall–Kier alpha value is -2.71. The molecule has 0 bridgehead atoms. The van der Waals surface area contributed by atoms with E-state index in [0.29, 0.717) is 17.7 Å². The first-order valence-corrected chi connectivity index (χ1v) is 14.5. The molecule has 3 aliphatic heterocycles. The van der Waals surface area contributed by atoms with Crippen molar-refractivity contribution in [1.29, 1.82) is 0 Å². The number of fused-ring (bicyclic) bond motifs is 1. The van der Waals surface area contributed by atoms with E-state index >= 15 is 0 Å². The molecule has 248 valence electrons. The molecule has 0 radical (unpaired) electrons. The molecular weight excluding hydrogens is 632 g/mol. The summed E-state index contributed by atoms with van der Waals surface area (Å²) in [6.45, 7) is 11.8.